The van der Waals surface area contributed by atoms with Gasteiger partial charge in [0.1, 0.15) is 0 Å². The average Bonchev–Trinajstić information content (AvgIpc) is 2.38. The van der Waals surface area contributed by atoms with Gasteiger partial charge in [-0.25, -0.2) is 0 Å². The number of hydrogen-bond acceptors (Lipinski definition) is 3. The van der Waals surface area contributed by atoms with Crippen LogP contribution in [0.2, 0.25) is 0 Å². The number of nitrogens with two attached hydrogens (primary N) is 1. The molecule has 0 saturated heterocycles. The zero-order valence-electron chi connectivity index (χ0n) is 11.6. The highest BCUT2D eigenvalue weighted by Gasteiger charge is 2.31. The standard InChI is InChI=1S/C14H28N2O2/c1-2-6-12(15)9-13(18)16-10-14(11-17)7-4-3-5-8-14/h12,17H,2-11,15H2,1H3,(H,16,18). The molecule has 0 radical (unpaired) electrons. The Morgan fingerprint density at radius 2 is 2.06 bits per heavy atom. The normalized spacial score (nSPS) is 20.4. The summed E-state index contributed by atoms with van der Waals surface area (Å²) < 4.78 is 0. The van der Waals surface area contributed by atoms with Gasteiger partial charge in [-0.2, -0.15) is 0 Å². The molecular formula is C14H28N2O2. The van der Waals surface area contributed by atoms with Crippen LogP contribution in [0.15, 0.2) is 0 Å². The van der Waals surface area contributed by atoms with Crippen LogP contribution >= 0.6 is 0 Å². The van der Waals surface area contributed by atoms with Crippen molar-refractivity contribution in [2.45, 2.75) is 64.3 Å². The van der Waals surface area contributed by atoms with Crippen molar-refractivity contribution in [3.63, 3.8) is 0 Å². The summed E-state index contributed by atoms with van der Waals surface area (Å²) in [6.45, 7) is 2.84. The van der Waals surface area contributed by atoms with Gasteiger partial charge in [0.25, 0.3) is 0 Å². The molecule has 1 fully saturated rings. The zero-order chi connectivity index (χ0) is 13.4. The van der Waals surface area contributed by atoms with E-state index in [0.29, 0.717) is 13.0 Å². The molecule has 0 aromatic heterocycles. The fraction of sp³-hybridized carbons (Fsp3) is 0.929. The van der Waals surface area contributed by atoms with Gasteiger partial charge in [0.2, 0.25) is 5.91 Å². The largest absolute Gasteiger partial charge is 0.396 e. The second kappa shape index (κ2) is 7.74. The lowest BCUT2D eigenvalue weighted by atomic mass is 9.74. The molecule has 0 aromatic carbocycles. The van der Waals surface area contributed by atoms with Crippen molar-refractivity contribution >= 4 is 5.91 Å². The minimum absolute atomic E-state index is 0.0225. The SMILES string of the molecule is CCCC(N)CC(=O)NCC1(CO)CCCCC1. The first-order valence-electron chi connectivity index (χ1n) is 7.25. The molecule has 0 aromatic rings. The van der Waals surface area contributed by atoms with E-state index in [4.69, 9.17) is 5.73 Å². The summed E-state index contributed by atoms with van der Waals surface area (Å²) in [5.74, 6) is 0.0225. The molecular weight excluding hydrogens is 228 g/mol. The van der Waals surface area contributed by atoms with E-state index in [2.05, 4.69) is 12.2 Å². The monoisotopic (exact) mass is 256 g/mol. The summed E-state index contributed by atoms with van der Waals surface area (Å²) in [6.07, 6.45) is 7.90. The number of nitrogens with one attached hydrogen (secondary N) is 1. The lowest BCUT2D eigenvalue weighted by molar-refractivity contribution is -0.122. The molecule has 1 saturated carbocycles. The first-order valence-corrected chi connectivity index (χ1v) is 7.25. The summed E-state index contributed by atoms with van der Waals surface area (Å²) in [7, 11) is 0. The van der Waals surface area contributed by atoms with Crippen molar-refractivity contribution in [3.8, 4) is 0 Å². The van der Waals surface area contributed by atoms with Crippen molar-refractivity contribution in [2.24, 2.45) is 11.1 Å². The van der Waals surface area contributed by atoms with E-state index >= 15 is 0 Å². The van der Waals surface area contributed by atoms with E-state index in [9.17, 15) is 9.90 Å². The minimum atomic E-state index is -0.0806. The van der Waals surface area contributed by atoms with Gasteiger partial charge in [-0.05, 0) is 19.3 Å². The predicted octanol–water partition coefficient (Wildman–Crippen LogP) is 1.56. The Labute approximate surface area is 110 Å². The maximum atomic E-state index is 11.8. The molecule has 4 heteroatoms. The van der Waals surface area contributed by atoms with Gasteiger partial charge in [0.15, 0.2) is 0 Å². The van der Waals surface area contributed by atoms with Gasteiger partial charge in [-0.15, -0.1) is 0 Å². The van der Waals surface area contributed by atoms with Crippen molar-refractivity contribution < 1.29 is 9.90 Å². The number of hydrogen-bond donors (Lipinski definition) is 3. The molecule has 1 amide bonds. The predicted molar refractivity (Wildman–Crippen MR) is 73.1 cm³/mol. The first kappa shape index (κ1) is 15.4. The van der Waals surface area contributed by atoms with Gasteiger partial charge < -0.3 is 16.2 Å². The highest BCUT2D eigenvalue weighted by Crippen LogP contribution is 2.35. The quantitative estimate of drug-likeness (QED) is 0.647. The number of rotatable bonds is 7. The Balaban J connectivity index is 2.31. The number of amides is 1. The number of carbonyl (C=O) groups is 1. The molecule has 4 nitrogen and oxygen atoms in total. The molecule has 1 rings (SSSR count). The van der Waals surface area contributed by atoms with Crippen molar-refractivity contribution in [1.82, 2.24) is 5.32 Å². The molecule has 1 atom stereocenters. The smallest absolute Gasteiger partial charge is 0.221 e. The topological polar surface area (TPSA) is 75.4 Å². The Kier molecular flexibility index (Phi) is 6.65. The second-order valence-electron chi connectivity index (χ2n) is 5.75. The fourth-order valence-corrected chi connectivity index (χ4v) is 2.76. The van der Waals surface area contributed by atoms with Crippen LogP contribution in [-0.2, 0) is 4.79 Å². The number of carbonyl (C=O) groups excluding carboxylic acids is 1. The summed E-state index contributed by atoms with van der Waals surface area (Å²) in [4.78, 5) is 11.8. The molecule has 106 valence electrons. The van der Waals surface area contributed by atoms with Gasteiger partial charge in [0, 0.05) is 24.4 Å². The lowest BCUT2D eigenvalue weighted by Gasteiger charge is -2.35. The van der Waals surface area contributed by atoms with Crippen LogP contribution in [0.1, 0.15) is 58.3 Å². The fourth-order valence-electron chi connectivity index (χ4n) is 2.76. The molecule has 0 bridgehead atoms. The average molecular weight is 256 g/mol. The molecule has 18 heavy (non-hydrogen) atoms. The molecule has 1 unspecified atom stereocenters. The van der Waals surface area contributed by atoms with Crippen LogP contribution < -0.4 is 11.1 Å². The molecule has 1 aliphatic rings. The van der Waals surface area contributed by atoms with Crippen LogP contribution in [0, 0.1) is 5.41 Å². The van der Waals surface area contributed by atoms with E-state index in [1.807, 2.05) is 0 Å². The third kappa shape index (κ3) is 4.94. The zero-order valence-corrected chi connectivity index (χ0v) is 11.6. The first-order chi connectivity index (χ1) is 8.62. The van der Waals surface area contributed by atoms with E-state index < -0.39 is 0 Å². The summed E-state index contributed by atoms with van der Waals surface area (Å²) in [6, 6.07) is -0.0357. The molecule has 0 heterocycles. The van der Waals surface area contributed by atoms with Crippen LogP contribution in [0.4, 0.5) is 0 Å². The summed E-state index contributed by atoms with van der Waals surface area (Å²) in [5, 5.41) is 12.5. The van der Waals surface area contributed by atoms with Crippen LogP contribution in [-0.4, -0.2) is 30.2 Å². The van der Waals surface area contributed by atoms with Crippen molar-refractivity contribution in [3.05, 3.63) is 0 Å². The van der Waals surface area contributed by atoms with Gasteiger partial charge in [0.05, 0.1) is 6.61 Å². The van der Waals surface area contributed by atoms with Crippen molar-refractivity contribution in [2.75, 3.05) is 13.2 Å². The second-order valence-corrected chi connectivity index (χ2v) is 5.75. The lowest BCUT2D eigenvalue weighted by Crippen LogP contribution is -2.42. The van der Waals surface area contributed by atoms with Crippen LogP contribution in [0.25, 0.3) is 0 Å². The minimum Gasteiger partial charge on any atom is -0.396 e. The summed E-state index contributed by atoms with van der Waals surface area (Å²) in [5.41, 5.74) is 5.77. The summed E-state index contributed by atoms with van der Waals surface area (Å²) >= 11 is 0. The molecule has 0 aliphatic heterocycles. The number of aliphatic hydroxyl groups is 1. The van der Waals surface area contributed by atoms with E-state index in [1.165, 1.54) is 6.42 Å². The maximum absolute atomic E-state index is 11.8. The Hall–Kier alpha value is -0.610. The van der Waals surface area contributed by atoms with Gasteiger partial charge >= 0.3 is 0 Å². The Bertz CT molecular complexity index is 250. The molecule has 1 aliphatic carbocycles. The maximum Gasteiger partial charge on any atom is 0.221 e. The molecule has 4 N–H and O–H groups in total. The molecule has 0 spiro atoms. The van der Waals surface area contributed by atoms with Crippen LogP contribution in [0.5, 0.6) is 0 Å². The third-order valence-electron chi connectivity index (χ3n) is 4.02. The van der Waals surface area contributed by atoms with E-state index in [0.717, 1.165) is 38.5 Å². The highest BCUT2D eigenvalue weighted by molar-refractivity contribution is 5.76. The van der Waals surface area contributed by atoms with Crippen LogP contribution in [0.3, 0.4) is 0 Å². The van der Waals surface area contributed by atoms with Gasteiger partial charge in [-0.3, -0.25) is 4.79 Å². The number of aliphatic hydroxyl groups excluding tert-OH is 1. The van der Waals surface area contributed by atoms with Gasteiger partial charge in [-0.1, -0.05) is 32.6 Å². The highest BCUT2D eigenvalue weighted by atomic mass is 16.3. The van der Waals surface area contributed by atoms with Crippen molar-refractivity contribution in [1.29, 1.82) is 0 Å². The Morgan fingerprint density at radius 1 is 1.39 bits per heavy atom. The van der Waals surface area contributed by atoms with E-state index in [-0.39, 0.29) is 24.0 Å². The third-order valence-corrected chi connectivity index (χ3v) is 4.02. The van der Waals surface area contributed by atoms with E-state index in [1.54, 1.807) is 0 Å². The Morgan fingerprint density at radius 3 is 2.61 bits per heavy atom.